The van der Waals surface area contributed by atoms with Gasteiger partial charge in [-0.3, -0.25) is 0 Å². The summed E-state index contributed by atoms with van der Waals surface area (Å²) >= 11 is 0. The third kappa shape index (κ3) is 4.91. The van der Waals surface area contributed by atoms with Crippen LogP contribution in [0.25, 0.3) is 0 Å². The predicted molar refractivity (Wildman–Crippen MR) is 75.6 cm³/mol. The second-order valence-corrected chi connectivity index (χ2v) is 4.87. The maximum Gasteiger partial charge on any atom is 0.129 e. The summed E-state index contributed by atoms with van der Waals surface area (Å²) in [6.45, 7) is 2.20. The quantitative estimate of drug-likeness (QED) is 0.735. The van der Waals surface area contributed by atoms with Crippen molar-refractivity contribution in [1.82, 2.24) is 14.9 Å². The average Bonchev–Trinajstić information content (AvgIpc) is 2.98. The Labute approximate surface area is 122 Å². The fourth-order valence-electron chi connectivity index (χ4n) is 2.09. The van der Waals surface area contributed by atoms with Crippen molar-refractivity contribution in [3.8, 4) is 0 Å². The molecule has 114 valence electrons. The van der Waals surface area contributed by atoms with Crippen LogP contribution in [0.3, 0.4) is 0 Å². The van der Waals surface area contributed by atoms with E-state index in [2.05, 4.69) is 10.3 Å². The first-order chi connectivity index (χ1) is 10.2. The summed E-state index contributed by atoms with van der Waals surface area (Å²) in [6, 6.07) is 3.12. The lowest BCUT2D eigenvalue weighted by Crippen LogP contribution is -2.20. The van der Waals surface area contributed by atoms with Crippen molar-refractivity contribution in [2.75, 3.05) is 13.1 Å². The highest BCUT2D eigenvalue weighted by molar-refractivity contribution is 5.20. The summed E-state index contributed by atoms with van der Waals surface area (Å²) in [5.41, 5.74) is 0.00946. The van der Waals surface area contributed by atoms with Gasteiger partial charge in [-0.2, -0.15) is 0 Å². The first-order valence-electron chi connectivity index (χ1n) is 6.96. The smallest absolute Gasteiger partial charge is 0.129 e. The summed E-state index contributed by atoms with van der Waals surface area (Å²) < 4.78 is 28.5. The molecule has 0 aliphatic heterocycles. The zero-order valence-corrected chi connectivity index (χ0v) is 11.7. The van der Waals surface area contributed by atoms with Crippen LogP contribution in [0.4, 0.5) is 8.78 Å². The maximum absolute atomic E-state index is 13.5. The van der Waals surface area contributed by atoms with Crippen molar-refractivity contribution < 1.29 is 13.9 Å². The lowest BCUT2D eigenvalue weighted by molar-refractivity contribution is 0.162. The van der Waals surface area contributed by atoms with Gasteiger partial charge in [-0.1, -0.05) is 0 Å². The molecule has 21 heavy (non-hydrogen) atoms. The second kappa shape index (κ2) is 7.85. The lowest BCUT2D eigenvalue weighted by Gasteiger charge is -2.12. The number of aryl methyl sites for hydroxylation is 1. The minimum Gasteiger partial charge on any atom is -0.388 e. The van der Waals surface area contributed by atoms with Gasteiger partial charge in [0, 0.05) is 24.5 Å². The molecule has 0 fully saturated rings. The Morgan fingerprint density at radius 2 is 2.14 bits per heavy atom. The molecule has 1 atom stereocenters. The molecule has 6 heteroatoms. The van der Waals surface area contributed by atoms with Crippen LogP contribution in [-0.2, 0) is 6.54 Å². The molecule has 0 radical (unpaired) electrons. The van der Waals surface area contributed by atoms with E-state index >= 15 is 0 Å². The number of rotatable bonds is 8. The highest BCUT2D eigenvalue weighted by Crippen LogP contribution is 2.20. The predicted octanol–water partition coefficient (Wildman–Crippen LogP) is 2.26. The molecular formula is C15H19F2N3O. The van der Waals surface area contributed by atoms with Gasteiger partial charge in [0.2, 0.25) is 0 Å². The van der Waals surface area contributed by atoms with Crippen LogP contribution in [0.15, 0.2) is 36.9 Å². The molecular weight excluding hydrogens is 276 g/mol. The first-order valence-corrected chi connectivity index (χ1v) is 6.96. The van der Waals surface area contributed by atoms with Crippen LogP contribution < -0.4 is 5.32 Å². The van der Waals surface area contributed by atoms with Gasteiger partial charge in [-0.25, -0.2) is 13.8 Å². The van der Waals surface area contributed by atoms with E-state index in [4.69, 9.17) is 0 Å². The van der Waals surface area contributed by atoms with Gasteiger partial charge in [0.25, 0.3) is 0 Å². The molecule has 4 nitrogen and oxygen atoms in total. The van der Waals surface area contributed by atoms with Crippen molar-refractivity contribution in [2.24, 2.45) is 0 Å². The van der Waals surface area contributed by atoms with Crippen LogP contribution in [0.5, 0.6) is 0 Å². The van der Waals surface area contributed by atoms with Crippen LogP contribution >= 0.6 is 0 Å². The fraction of sp³-hybridized carbons (Fsp3) is 0.400. The molecule has 2 rings (SSSR count). The van der Waals surface area contributed by atoms with Crippen LogP contribution in [0.1, 0.15) is 24.5 Å². The number of aliphatic hydroxyl groups excluding tert-OH is 1. The molecule has 0 bridgehead atoms. The Morgan fingerprint density at radius 3 is 2.90 bits per heavy atom. The number of benzene rings is 1. The molecule has 2 aromatic rings. The van der Waals surface area contributed by atoms with Crippen molar-refractivity contribution in [3.63, 3.8) is 0 Å². The molecule has 1 unspecified atom stereocenters. The van der Waals surface area contributed by atoms with Crippen LogP contribution in [-0.4, -0.2) is 27.7 Å². The molecule has 1 aromatic heterocycles. The third-order valence-electron chi connectivity index (χ3n) is 3.24. The topological polar surface area (TPSA) is 50.1 Å². The zero-order valence-electron chi connectivity index (χ0n) is 11.7. The third-order valence-corrected chi connectivity index (χ3v) is 3.24. The molecule has 0 spiro atoms. The first kappa shape index (κ1) is 15.6. The Balaban J connectivity index is 1.65. The van der Waals surface area contributed by atoms with E-state index in [1.165, 1.54) is 0 Å². The summed E-state index contributed by atoms with van der Waals surface area (Å²) in [5.74, 6) is -1.12. The van der Waals surface area contributed by atoms with Gasteiger partial charge in [0.05, 0.1) is 12.4 Å². The SMILES string of the molecule is OC(CCNCCCn1ccnc1)c1cc(F)ccc1F. The number of nitrogens with zero attached hydrogens (tertiary/aromatic N) is 2. The normalized spacial score (nSPS) is 12.5. The summed E-state index contributed by atoms with van der Waals surface area (Å²) in [6.07, 6.45) is 5.66. The lowest BCUT2D eigenvalue weighted by atomic mass is 10.1. The van der Waals surface area contributed by atoms with Gasteiger partial charge in [-0.15, -0.1) is 0 Å². The summed E-state index contributed by atoms with van der Waals surface area (Å²) in [4.78, 5) is 3.95. The van der Waals surface area contributed by atoms with E-state index in [1.54, 1.807) is 12.5 Å². The molecule has 0 aliphatic carbocycles. The number of hydrogen-bond acceptors (Lipinski definition) is 3. The monoisotopic (exact) mass is 295 g/mol. The van der Waals surface area contributed by atoms with E-state index < -0.39 is 17.7 Å². The van der Waals surface area contributed by atoms with Crippen molar-refractivity contribution in [3.05, 3.63) is 54.1 Å². The Hall–Kier alpha value is -1.79. The van der Waals surface area contributed by atoms with Crippen LogP contribution in [0, 0.1) is 11.6 Å². The second-order valence-electron chi connectivity index (χ2n) is 4.87. The standard InChI is InChI=1S/C15H19F2N3O/c16-12-2-3-14(17)13(10-12)15(21)4-6-18-5-1-8-20-9-7-19-11-20/h2-3,7,9-11,15,18,21H,1,4-6,8H2. The van der Waals surface area contributed by atoms with E-state index in [-0.39, 0.29) is 5.56 Å². The van der Waals surface area contributed by atoms with E-state index in [0.29, 0.717) is 13.0 Å². The number of nitrogens with one attached hydrogen (secondary N) is 1. The van der Waals surface area contributed by atoms with E-state index in [0.717, 1.165) is 37.7 Å². The molecule has 2 N–H and O–H groups in total. The molecule has 1 aromatic carbocycles. The highest BCUT2D eigenvalue weighted by Gasteiger charge is 2.13. The van der Waals surface area contributed by atoms with Gasteiger partial charge in [0.15, 0.2) is 0 Å². The van der Waals surface area contributed by atoms with Crippen molar-refractivity contribution in [1.29, 1.82) is 0 Å². The highest BCUT2D eigenvalue weighted by atomic mass is 19.1. The Bertz CT molecular complexity index is 546. The van der Waals surface area contributed by atoms with Crippen molar-refractivity contribution >= 4 is 0 Å². The number of aromatic nitrogens is 2. The van der Waals surface area contributed by atoms with E-state index in [1.807, 2.05) is 10.8 Å². The number of hydrogen-bond donors (Lipinski definition) is 2. The fourth-order valence-corrected chi connectivity index (χ4v) is 2.09. The molecule has 0 saturated heterocycles. The van der Waals surface area contributed by atoms with Crippen LogP contribution in [0.2, 0.25) is 0 Å². The van der Waals surface area contributed by atoms with Gasteiger partial charge in [-0.05, 0) is 44.1 Å². The maximum atomic E-state index is 13.5. The minimum atomic E-state index is -0.998. The minimum absolute atomic E-state index is 0.00946. The summed E-state index contributed by atoms with van der Waals surface area (Å²) in [7, 11) is 0. The van der Waals surface area contributed by atoms with E-state index in [9.17, 15) is 13.9 Å². The zero-order chi connectivity index (χ0) is 15.1. The molecule has 0 amide bonds. The molecule has 1 heterocycles. The number of halogens is 2. The van der Waals surface area contributed by atoms with Crippen molar-refractivity contribution in [2.45, 2.75) is 25.5 Å². The molecule has 0 aliphatic rings. The van der Waals surface area contributed by atoms with Gasteiger partial charge < -0.3 is 15.0 Å². The summed E-state index contributed by atoms with van der Waals surface area (Å²) in [5, 5.41) is 13.0. The number of aliphatic hydroxyl groups is 1. The number of imidazole rings is 1. The largest absolute Gasteiger partial charge is 0.388 e. The van der Waals surface area contributed by atoms with Gasteiger partial charge >= 0.3 is 0 Å². The Morgan fingerprint density at radius 1 is 1.29 bits per heavy atom. The van der Waals surface area contributed by atoms with Gasteiger partial charge in [0.1, 0.15) is 11.6 Å². The molecule has 0 saturated carbocycles. The Kier molecular flexibility index (Phi) is 5.83. The average molecular weight is 295 g/mol.